The molecule has 1 aromatic carbocycles. The minimum Gasteiger partial charge on any atom is -0.353 e. The standard InChI is InChI=1S/C22H27N5O2/c1-17(28)25-12-14-26(15-13-25)22(29)19-8-5-9-24-21(19)27-11-10-23-20(16-27)18-6-3-2-4-7-18/h2-9,20,23H,10-16H2,1H3/t20-/m1/s1. The summed E-state index contributed by atoms with van der Waals surface area (Å²) in [6, 6.07) is 14.2. The van der Waals surface area contributed by atoms with Crippen LogP contribution in [0.15, 0.2) is 48.7 Å². The third kappa shape index (κ3) is 4.24. The molecule has 2 aromatic rings. The highest BCUT2D eigenvalue weighted by atomic mass is 16.2. The van der Waals surface area contributed by atoms with Crippen molar-refractivity contribution in [2.45, 2.75) is 13.0 Å². The van der Waals surface area contributed by atoms with E-state index in [1.807, 2.05) is 35.2 Å². The van der Waals surface area contributed by atoms with Crippen LogP contribution in [-0.4, -0.2) is 72.4 Å². The zero-order valence-corrected chi connectivity index (χ0v) is 16.8. The normalized spacial score (nSPS) is 19.9. The molecule has 152 valence electrons. The highest BCUT2D eigenvalue weighted by molar-refractivity contribution is 5.99. The first-order chi connectivity index (χ1) is 14.1. The number of hydrogen-bond donors (Lipinski definition) is 1. The van der Waals surface area contributed by atoms with Crippen molar-refractivity contribution in [1.29, 1.82) is 0 Å². The lowest BCUT2D eigenvalue weighted by molar-refractivity contribution is -0.130. The third-order valence-electron chi connectivity index (χ3n) is 5.71. The summed E-state index contributed by atoms with van der Waals surface area (Å²) >= 11 is 0. The number of anilines is 1. The molecule has 2 aliphatic rings. The molecule has 1 aromatic heterocycles. The van der Waals surface area contributed by atoms with E-state index in [1.165, 1.54) is 5.56 Å². The van der Waals surface area contributed by atoms with Crippen LogP contribution in [0, 0.1) is 0 Å². The number of piperazine rings is 2. The Morgan fingerprint density at radius 2 is 1.69 bits per heavy atom. The summed E-state index contributed by atoms with van der Waals surface area (Å²) in [4.78, 5) is 35.2. The molecular formula is C22H27N5O2. The molecule has 4 rings (SSSR count). The van der Waals surface area contributed by atoms with Crippen LogP contribution in [0.1, 0.15) is 28.9 Å². The van der Waals surface area contributed by atoms with Crippen LogP contribution in [0.3, 0.4) is 0 Å². The van der Waals surface area contributed by atoms with Gasteiger partial charge in [-0.1, -0.05) is 30.3 Å². The van der Waals surface area contributed by atoms with Crippen molar-refractivity contribution in [2.75, 3.05) is 50.7 Å². The maximum absolute atomic E-state index is 13.2. The van der Waals surface area contributed by atoms with Gasteiger partial charge in [-0.05, 0) is 17.7 Å². The molecule has 0 unspecified atom stereocenters. The highest BCUT2D eigenvalue weighted by Crippen LogP contribution is 2.25. The fourth-order valence-corrected chi connectivity index (χ4v) is 4.06. The van der Waals surface area contributed by atoms with Crippen molar-refractivity contribution in [3.05, 3.63) is 59.8 Å². The second-order valence-corrected chi connectivity index (χ2v) is 7.54. The van der Waals surface area contributed by atoms with Crippen LogP contribution < -0.4 is 10.2 Å². The summed E-state index contributed by atoms with van der Waals surface area (Å²) < 4.78 is 0. The van der Waals surface area contributed by atoms with Crippen LogP contribution in [0.2, 0.25) is 0 Å². The fourth-order valence-electron chi connectivity index (χ4n) is 4.06. The lowest BCUT2D eigenvalue weighted by atomic mass is 10.0. The fraction of sp³-hybridized carbons (Fsp3) is 0.409. The molecule has 7 heteroatoms. The van der Waals surface area contributed by atoms with Gasteiger partial charge in [0.1, 0.15) is 5.82 Å². The van der Waals surface area contributed by atoms with Gasteiger partial charge in [0, 0.05) is 65.0 Å². The van der Waals surface area contributed by atoms with Crippen molar-refractivity contribution in [2.24, 2.45) is 0 Å². The topological polar surface area (TPSA) is 68.8 Å². The molecule has 3 heterocycles. The Morgan fingerprint density at radius 1 is 0.966 bits per heavy atom. The lowest BCUT2D eigenvalue weighted by Crippen LogP contribution is -2.50. The first-order valence-electron chi connectivity index (χ1n) is 10.2. The van der Waals surface area contributed by atoms with Crippen LogP contribution in [0.5, 0.6) is 0 Å². The minimum absolute atomic E-state index is 0.00824. The van der Waals surface area contributed by atoms with Crippen LogP contribution in [0.4, 0.5) is 5.82 Å². The Kier molecular flexibility index (Phi) is 5.76. The number of rotatable bonds is 3. The summed E-state index contributed by atoms with van der Waals surface area (Å²) in [5, 5.41) is 3.56. The van der Waals surface area contributed by atoms with E-state index in [2.05, 4.69) is 27.3 Å². The maximum Gasteiger partial charge on any atom is 0.257 e. The Bertz CT molecular complexity index is 865. The monoisotopic (exact) mass is 393 g/mol. The predicted molar refractivity (Wildman–Crippen MR) is 112 cm³/mol. The molecule has 29 heavy (non-hydrogen) atoms. The molecule has 0 radical (unpaired) electrons. The van der Waals surface area contributed by atoms with Crippen LogP contribution in [-0.2, 0) is 4.79 Å². The van der Waals surface area contributed by atoms with Crippen molar-refractivity contribution >= 4 is 17.6 Å². The number of amides is 2. The SMILES string of the molecule is CC(=O)N1CCN(C(=O)c2cccnc2N2CCN[C@@H](c3ccccc3)C2)CC1. The summed E-state index contributed by atoms with van der Waals surface area (Å²) in [5.41, 5.74) is 1.87. The van der Waals surface area contributed by atoms with E-state index in [4.69, 9.17) is 0 Å². The largest absolute Gasteiger partial charge is 0.353 e. The Morgan fingerprint density at radius 3 is 2.41 bits per heavy atom. The van der Waals surface area contributed by atoms with E-state index in [0.29, 0.717) is 31.7 Å². The zero-order chi connectivity index (χ0) is 20.2. The van der Waals surface area contributed by atoms with Gasteiger partial charge in [-0.15, -0.1) is 0 Å². The number of hydrogen-bond acceptors (Lipinski definition) is 5. The molecule has 2 aliphatic heterocycles. The molecule has 1 N–H and O–H groups in total. The molecule has 0 aliphatic carbocycles. The van der Waals surface area contributed by atoms with E-state index in [-0.39, 0.29) is 17.9 Å². The molecule has 0 saturated carbocycles. The van der Waals surface area contributed by atoms with E-state index < -0.39 is 0 Å². The molecule has 2 amide bonds. The van der Waals surface area contributed by atoms with Gasteiger partial charge < -0.3 is 20.0 Å². The van der Waals surface area contributed by atoms with Gasteiger partial charge in [0.25, 0.3) is 5.91 Å². The summed E-state index contributed by atoms with van der Waals surface area (Å²) in [6.07, 6.45) is 1.75. The molecule has 2 fully saturated rings. The summed E-state index contributed by atoms with van der Waals surface area (Å²) in [5.74, 6) is 0.798. The van der Waals surface area contributed by atoms with Crippen LogP contribution in [0.25, 0.3) is 0 Å². The minimum atomic E-state index is -0.00824. The number of aromatic nitrogens is 1. The summed E-state index contributed by atoms with van der Waals surface area (Å²) in [7, 11) is 0. The van der Waals surface area contributed by atoms with Gasteiger partial charge in [-0.2, -0.15) is 0 Å². The first kappa shape index (κ1) is 19.4. The van der Waals surface area contributed by atoms with Crippen molar-refractivity contribution in [1.82, 2.24) is 20.1 Å². The average molecular weight is 393 g/mol. The number of nitrogens with zero attached hydrogens (tertiary/aromatic N) is 4. The molecule has 7 nitrogen and oxygen atoms in total. The summed E-state index contributed by atoms with van der Waals surface area (Å²) in [6.45, 7) is 6.26. The van der Waals surface area contributed by atoms with Gasteiger partial charge in [0.15, 0.2) is 0 Å². The molecule has 2 saturated heterocycles. The first-order valence-corrected chi connectivity index (χ1v) is 10.2. The average Bonchev–Trinajstić information content (AvgIpc) is 2.79. The number of carbonyl (C=O) groups excluding carboxylic acids is 2. The van der Waals surface area contributed by atoms with Crippen molar-refractivity contribution in [3.63, 3.8) is 0 Å². The van der Waals surface area contributed by atoms with Crippen LogP contribution >= 0.6 is 0 Å². The molecule has 1 atom stereocenters. The quantitative estimate of drug-likeness (QED) is 0.857. The Hall–Kier alpha value is -2.93. The number of benzene rings is 1. The Balaban J connectivity index is 1.51. The number of nitrogens with one attached hydrogen (secondary N) is 1. The van der Waals surface area contributed by atoms with Gasteiger partial charge in [0.2, 0.25) is 5.91 Å². The van der Waals surface area contributed by atoms with Crippen molar-refractivity contribution < 1.29 is 9.59 Å². The molecule has 0 spiro atoms. The van der Waals surface area contributed by atoms with Crippen molar-refractivity contribution in [3.8, 4) is 0 Å². The number of carbonyl (C=O) groups is 2. The second-order valence-electron chi connectivity index (χ2n) is 7.54. The van der Waals surface area contributed by atoms with Gasteiger partial charge in [-0.3, -0.25) is 9.59 Å². The number of pyridine rings is 1. The van der Waals surface area contributed by atoms with E-state index in [9.17, 15) is 9.59 Å². The van der Waals surface area contributed by atoms with Gasteiger partial charge in [-0.25, -0.2) is 4.98 Å². The second kappa shape index (κ2) is 8.61. The maximum atomic E-state index is 13.2. The van der Waals surface area contributed by atoms with Gasteiger partial charge in [0.05, 0.1) is 5.56 Å². The van der Waals surface area contributed by atoms with E-state index in [0.717, 1.165) is 25.5 Å². The smallest absolute Gasteiger partial charge is 0.257 e. The van der Waals surface area contributed by atoms with Gasteiger partial charge >= 0.3 is 0 Å². The highest BCUT2D eigenvalue weighted by Gasteiger charge is 2.29. The lowest BCUT2D eigenvalue weighted by Gasteiger charge is -2.37. The molecule has 0 bridgehead atoms. The zero-order valence-electron chi connectivity index (χ0n) is 16.8. The van der Waals surface area contributed by atoms with E-state index >= 15 is 0 Å². The molecular weight excluding hydrogens is 366 g/mol. The Labute approximate surface area is 171 Å². The predicted octanol–water partition coefficient (Wildman–Crippen LogP) is 1.54. The van der Waals surface area contributed by atoms with E-state index in [1.54, 1.807) is 18.0 Å². The third-order valence-corrected chi connectivity index (χ3v) is 5.71.